The van der Waals surface area contributed by atoms with Crippen LogP contribution in [-0.2, 0) is 4.74 Å². The van der Waals surface area contributed by atoms with Gasteiger partial charge in [-0.2, -0.15) is 11.8 Å². The van der Waals surface area contributed by atoms with Gasteiger partial charge in [-0.15, -0.1) is 0 Å². The fourth-order valence-electron chi connectivity index (χ4n) is 3.16. The molecule has 0 aliphatic carbocycles. The Balaban J connectivity index is 1.70. The van der Waals surface area contributed by atoms with Crippen molar-refractivity contribution < 1.29 is 9.47 Å². The zero-order valence-electron chi connectivity index (χ0n) is 12.0. The van der Waals surface area contributed by atoms with Gasteiger partial charge in [0.2, 0.25) is 0 Å². The van der Waals surface area contributed by atoms with Gasteiger partial charge in [-0.3, -0.25) is 0 Å². The highest BCUT2D eigenvalue weighted by atomic mass is 32.2. The highest BCUT2D eigenvalue weighted by molar-refractivity contribution is 7.99. The van der Waals surface area contributed by atoms with Crippen molar-refractivity contribution in [2.75, 3.05) is 31.8 Å². The average molecular weight is 293 g/mol. The fraction of sp³-hybridized carbons (Fsp3) is 0.625. The molecule has 3 atom stereocenters. The molecule has 2 heterocycles. The summed E-state index contributed by atoms with van der Waals surface area (Å²) in [5.74, 6) is 3.88. The average Bonchev–Trinajstić information content (AvgIpc) is 2.53. The minimum Gasteiger partial charge on any atom is -0.493 e. The number of thioether (sulfide) groups is 1. The Labute approximate surface area is 125 Å². The third-order valence-electron chi connectivity index (χ3n) is 4.28. The Morgan fingerprint density at radius 3 is 3.05 bits per heavy atom. The smallest absolute Gasteiger partial charge is 0.122 e. The maximum absolute atomic E-state index is 5.95. The predicted molar refractivity (Wildman–Crippen MR) is 83.8 cm³/mol. The van der Waals surface area contributed by atoms with Crippen molar-refractivity contribution in [3.63, 3.8) is 0 Å². The van der Waals surface area contributed by atoms with Gasteiger partial charge in [0, 0.05) is 17.5 Å². The zero-order valence-corrected chi connectivity index (χ0v) is 12.8. The molecule has 1 aromatic rings. The van der Waals surface area contributed by atoms with Gasteiger partial charge in [-0.05, 0) is 37.4 Å². The molecule has 4 heteroatoms. The van der Waals surface area contributed by atoms with Crippen molar-refractivity contribution in [3.05, 3.63) is 29.8 Å². The number of para-hydroxylation sites is 1. The lowest BCUT2D eigenvalue weighted by Crippen LogP contribution is -2.44. The molecule has 0 bridgehead atoms. The number of likely N-dealkylation sites (N-methyl/N-ethyl adjacent to an activating group) is 1. The Morgan fingerprint density at radius 1 is 1.35 bits per heavy atom. The first-order valence-corrected chi connectivity index (χ1v) is 8.62. The Morgan fingerprint density at radius 2 is 2.25 bits per heavy atom. The van der Waals surface area contributed by atoms with Crippen LogP contribution < -0.4 is 10.1 Å². The lowest BCUT2D eigenvalue weighted by atomic mass is 9.86. The van der Waals surface area contributed by atoms with Crippen molar-refractivity contribution in [2.24, 2.45) is 0 Å². The van der Waals surface area contributed by atoms with Gasteiger partial charge in [-0.1, -0.05) is 18.2 Å². The third-order valence-corrected chi connectivity index (χ3v) is 5.30. The summed E-state index contributed by atoms with van der Waals surface area (Å²) >= 11 is 2.00. The van der Waals surface area contributed by atoms with Gasteiger partial charge in [0.1, 0.15) is 5.75 Å². The van der Waals surface area contributed by atoms with Crippen LogP contribution in [0, 0.1) is 0 Å². The molecule has 2 aliphatic heterocycles. The summed E-state index contributed by atoms with van der Waals surface area (Å²) in [6, 6.07) is 8.89. The Bertz CT molecular complexity index is 434. The fourth-order valence-corrected chi connectivity index (χ4v) is 4.10. The van der Waals surface area contributed by atoms with Gasteiger partial charge >= 0.3 is 0 Å². The minimum absolute atomic E-state index is 0.341. The quantitative estimate of drug-likeness (QED) is 0.924. The second-order valence-electron chi connectivity index (χ2n) is 5.49. The number of fused-ring (bicyclic) bond motifs is 1. The van der Waals surface area contributed by atoms with E-state index in [9.17, 15) is 0 Å². The summed E-state index contributed by atoms with van der Waals surface area (Å²) in [5.41, 5.74) is 1.36. The van der Waals surface area contributed by atoms with E-state index in [2.05, 4.69) is 36.6 Å². The van der Waals surface area contributed by atoms with Gasteiger partial charge in [-0.25, -0.2) is 0 Å². The first-order chi connectivity index (χ1) is 9.88. The van der Waals surface area contributed by atoms with Crippen LogP contribution >= 0.6 is 11.8 Å². The molecular formula is C16H23NO2S. The second-order valence-corrected chi connectivity index (χ2v) is 6.64. The number of benzene rings is 1. The molecule has 0 aromatic heterocycles. The van der Waals surface area contributed by atoms with E-state index in [1.165, 1.54) is 5.56 Å². The van der Waals surface area contributed by atoms with E-state index in [0.717, 1.165) is 43.3 Å². The lowest BCUT2D eigenvalue weighted by Gasteiger charge is -2.34. The molecule has 0 saturated carbocycles. The van der Waals surface area contributed by atoms with Crippen molar-refractivity contribution in [1.82, 2.24) is 5.32 Å². The SMILES string of the molecule is CNC(CC1CCOc2ccccc21)C1CSCCO1. The minimum atomic E-state index is 0.341. The third kappa shape index (κ3) is 3.13. The highest BCUT2D eigenvalue weighted by Gasteiger charge is 2.29. The molecular weight excluding hydrogens is 270 g/mol. The highest BCUT2D eigenvalue weighted by Crippen LogP contribution is 2.37. The maximum atomic E-state index is 5.95. The standard InChI is InChI=1S/C16H23NO2S/c1-17-14(16-11-20-9-8-19-16)10-12-6-7-18-15-5-3-2-4-13(12)15/h2-5,12,14,16-17H,6-11H2,1H3. The lowest BCUT2D eigenvalue weighted by molar-refractivity contribution is 0.0436. The van der Waals surface area contributed by atoms with Crippen molar-refractivity contribution in [3.8, 4) is 5.75 Å². The van der Waals surface area contributed by atoms with E-state index in [0.29, 0.717) is 18.1 Å². The molecule has 1 saturated heterocycles. The number of hydrogen-bond donors (Lipinski definition) is 1. The molecule has 1 fully saturated rings. The molecule has 2 aliphatic rings. The van der Waals surface area contributed by atoms with Crippen LogP contribution in [0.25, 0.3) is 0 Å². The van der Waals surface area contributed by atoms with Crippen LogP contribution in [0.2, 0.25) is 0 Å². The first-order valence-electron chi connectivity index (χ1n) is 7.47. The van der Waals surface area contributed by atoms with Crippen molar-refractivity contribution in [2.45, 2.75) is 30.9 Å². The van der Waals surface area contributed by atoms with E-state index in [1.54, 1.807) is 0 Å². The molecule has 3 unspecified atom stereocenters. The zero-order chi connectivity index (χ0) is 13.8. The summed E-state index contributed by atoms with van der Waals surface area (Å²) in [4.78, 5) is 0. The Kier molecular flexibility index (Phi) is 4.86. The van der Waals surface area contributed by atoms with Crippen molar-refractivity contribution >= 4 is 11.8 Å². The van der Waals surface area contributed by atoms with Crippen molar-refractivity contribution in [1.29, 1.82) is 0 Å². The first kappa shape index (κ1) is 14.2. The molecule has 0 spiro atoms. The maximum Gasteiger partial charge on any atom is 0.122 e. The van der Waals surface area contributed by atoms with Gasteiger partial charge in [0.15, 0.2) is 0 Å². The Hall–Kier alpha value is -0.710. The van der Waals surface area contributed by atoms with E-state index in [4.69, 9.17) is 9.47 Å². The van der Waals surface area contributed by atoms with E-state index in [-0.39, 0.29) is 0 Å². The number of hydrogen-bond acceptors (Lipinski definition) is 4. The summed E-state index contributed by atoms with van der Waals surface area (Å²) in [5, 5.41) is 3.47. The molecule has 1 aromatic carbocycles. The van der Waals surface area contributed by atoms with Gasteiger partial charge in [0.25, 0.3) is 0 Å². The largest absolute Gasteiger partial charge is 0.493 e. The summed E-state index contributed by atoms with van der Waals surface area (Å²) in [6.45, 7) is 1.72. The molecule has 1 N–H and O–H groups in total. The molecule has 110 valence electrons. The number of ether oxygens (including phenoxy) is 2. The summed E-state index contributed by atoms with van der Waals surface area (Å²) < 4.78 is 11.7. The predicted octanol–water partition coefficient (Wildman–Crippen LogP) is 2.66. The molecule has 0 amide bonds. The topological polar surface area (TPSA) is 30.5 Å². The number of nitrogens with one attached hydrogen (secondary N) is 1. The van der Waals surface area contributed by atoms with Crippen LogP contribution in [0.15, 0.2) is 24.3 Å². The van der Waals surface area contributed by atoms with Gasteiger partial charge < -0.3 is 14.8 Å². The van der Waals surface area contributed by atoms with Crippen LogP contribution in [0.4, 0.5) is 0 Å². The van der Waals surface area contributed by atoms with Crippen LogP contribution in [-0.4, -0.2) is 43.9 Å². The second kappa shape index (κ2) is 6.83. The van der Waals surface area contributed by atoms with Crippen LogP contribution in [0.3, 0.4) is 0 Å². The van der Waals surface area contributed by atoms with E-state index >= 15 is 0 Å². The summed E-state index contributed by atoms with van der Waals surface area (Å²) in [6.07, 6.45) is 2.57. The van der Waals surface area contributed by atoms with Crippen LogP contribution in [0.1, 0.15) is 24.3 Å². The summed E-state index contributed by atoms with van der Waals surface area (Å²) in [7, 11) is 2.05. The normalized spacial score (nSPS) is 27.4. The molecule has 20 heavy (non-hydrogen) atoms. The number of rotatable bonds is 4. The van der Waals surface area contributed by atoms with E-state index in [1.807, 2.05) is 11.8 Å². The monoisotopic (exact) mass is 293 g/mol. The van der Waals surface area contributed by atoms with E-state index < -0.39 is 0 Å². The van der Waals surface area contributed by atoms with Crippen LogP contribution in [0.5, 0.6) is 5.75 Å². The molecule has 3 rings (SSSR count). The van der Waals surface area contributed by atoms with Gasteiger partial charge in [0.05, 0.1) is 19.3 Å². The molecule has 3 nitrogen and oxygen atoms in total. The molecule has 0 radical (unpaired) electrons.